The minimum absolute atomic E-state index is 0.0705. The number of rotatable bonds is 7. The van der Waals surface area contributed by atoms with E-state index in [1.165, 1.54) is 32.5 Å². The van der Waals surface area contributed by atoms with Gasteiger partial charge in [-0.1, -0.05) is 30.3 Å². The molecule has 35 heavy (non-hydrogen) atoms. The minimum atomic E-state index is -0.907. The third kappa shape index (κ3) is 5.47. The van der Waals surface area contributed by atoms with E-state index in [1.807, 2.05) is 30.3 Å². The first-order valence-electron chi connectivity index (χ1n) is 10.6. The van der Waals surface area contributed by atoms with Crippen LogP contribution in [0, 0.1) is 5.82 Å². The summed E-state index contributed by atoms with van der Waals surface area (Å²) in [5, 5.41) is 5.49. The molecule has 0 radical (unpaired) electrons. The second-order valence-electron chi connectivity index (χ2n) is 7.40. The Morgan fingerprint density at radius 2 is 1.60 bits per heavy atom. The molecule has 0 aliphatic rings. The molecular formula is C26H22FN3O5. The Labute approximate surface area is 200 Å². The molecule has 1 aromatic heterocycles. The van der Waals surface area contributed by atoms with E-state index < -0.39 is 17.6 Å². The molecule has 0 atom stereocenters. The van der Waals surface area contributed by atoms with Gasteiger partial charge in [-0.2, -0.15) is 0 Å². The summed E-state index contributed by atoms with van der Waals surface area (Å²) in [6.45, 7) is 0.199. The van der Waals surface area contributed by atoms with E-state index in [0.29, 0.717) is 28.2 Å². The molecule has 2 amide bonds. The van der Waals surface area contributed by atoms with Crippen molar-refractivity contribution in [3.8, 4) is 23.0 Å². The summed E-state index contributed by atoms with van der Waals surface area (Å²) in [5.41, 5.74) is 1.53. The zero-order valence-corrected chi connectivity index (χ0v) is 19.0. The summed E-state index contributed by atoms with van der Waals surface area (Å²) in [7, 11) is 3.03. The number of benzene rings is 3. The number of carbonyl (C=O) groups excluding carboxylic acids is 2. The van der Waals surface area contributed by atoms with Gasteiger partial charge in [0.1, 0.15) is 5.75 Å². The lowest BCUT2D eigenvalue weighted by atomic mass is 10.2. The van der Waals surface area contributed by atoms with Gasteiger partial charge in [0.05, 0.1) is 19.7 Å². The summed E-state index contributed by atoms with van der Waals surface area (Å²) in [6, 6.07) is 18.0. The van der Waals surface area contributed by atoms with Crippen molar-refractivity contribution >= 4 is 28.4 Å². The molecule has 0 saturated heterocycles. The highest BCUT2D eigenvalue weighted by Crippen LogP contribution is 2.37. The van der Waals surface area contributed by atoms with E-state index in [0.717, 1.165) is 11.6 Å². The van der Waals surface area contributed by atoms with Crippen LogP contribution in [-0.2, 0) is 16.1 Å². The smallest absolute Gasteiger partial charge is 0.313 e. The van der Waals surface area contributed by atoms with Crippen molar-refractivity contribution in [1.29, 1.82) is 0 Å². The van der Waals surface area contributed by atoms with E-state index in [9.17, 15) is 14.0 Å². The number of carbonyl (C=O) groups is 2. The van der Waals surface area contributed by atoms with Crippen LogP contribution in [0.5, 0.6) is 23.0 Å². The van der Waals surface area contributed by atoms with Crippen molar-refractivity contribution in [1.82, 2.24) is 10.3 Å². The molecule has 9 heteroatoms. The first-order valence-corrected chi connectivity index (χ1v) is 10.6. The second-order valence-corrected chi connectivity index (χ2v) is 7.40. The summed E-state index contributed by atoms with van der Waals surface area (Å²) < 4.78 is 31.2. The molecule has 4 rings (SSSR count). The molecule has 0 aliphatic carbocycles. The SMILES string of the molecule is COc1cc2nccc(Oc3ccc(NC(=O)C(=O)NCc4ccccc4)cc3F)c2cc1OC. The molecule has 0 unspecified atom stereocenters. The topological polar surface area (TPSA) is 98.8 Å². The van der Waals surface area contributed by atoms with Crippen LogP contribution >= 0.6 is 0 Å². The lowest BCUT2D eigenvalue weighted by molar-refractivity contribution is -0.136. The number of hydrogen-bond donors (Lipinski definition) is 2. The van der Waals surface area contributed by atoms with Crippen molar-refractivity contribution in [2.45, 2.75) is 6.54 Å². The Balaban J connectivity index is 1.46. The van der Waals surface area contributed by atoms with Crippen LogP contribution < -0.4 is 24.8 Å². The van der Waals surface area contributed by atoms with Gasteiger partial charge >= 0.3 is 11.8 Å². The summed E-state index contributed by atoms with van der Waals surface area (Å²) in [5.74, 6) is -1.20. The molecule has 8 nitrogen and oxygen atoms in total. The number of nitrogens with one attached hydrogen (secondary N) is 2. The van der Waals surface area contributed by atoms with Crippen molar-refractivity contribution in [2.24, 2.45) is 0 Å². The maximum absolute atomic E-state index is 14.8. The van der Waals surface area contributed by atoms with Crippen molar-refractivity contribution in [3.63, 3.8) is 0 Å². The number of aromatic nitrogens is 1. The predicted octanol–water partition coefficient (Wildman–Crippen LogP) is 4.44. The highest BCUT2D eigenvalue weighted by molar-refractivity contribution is 6.39. The number of ether oxygens (including phenoxy) is 3. The fourth-order valence-electron chi connectivity index (χ4n) is 3.36. The third-order valence-electron chi connectivity index (χ3n) is 5.12. The normalized spacial score (nSPS) is 10.5. The first kappa shape index (κ1) is 23.5. The highest BCUT2D eigenvalue weighted by Gasteiger charge is 2.16. The number of anilines is 1. The summed E-state index contributed by atoms with van der Waals surface area (Å²) in [6.07, 6.45) is 1.53. The van der Waals surface area contributed by atoms with E-state index >= 15 is 0 Å². The van der Waals surface area contributed by atoms with Crippen LogP contribution in [0.25, 0.3) is 10.9 Å². The number of hydrogen-bond acceptors (Lipinski definition) is 6. The van der Waals surface area contributed by atoms with Gasteiger partial charge in [-0.05, 0) is 29.8 Å². The fourth-order valence-corrected chi connectivity index (χ4v) is 3.36. The van der Waals surface area contributed by atoms with Gasteiger partial charge in [0.2, 0.25) is 0 Å². The van der Waals surface area contributed by atoms with E-state index in [2.05, 4.69) is 15.6 Å². The number of halogens is 1. The highest BCUT2D eigenvalue weighted by atomic mass is 19.1. The van der Waals surface area contributed by atoms with E-state index in [-0.39, 0.29) is 18.0 Å². The van der Waals surface area contributed by atoms with Crippen LogP contribution in [0.3, 0.4) is 0 Å². The molecule has 178 valence electrons. The average Bonchev–Trinajstić information content (AvgIpc) is 2.88. The molecule has 0 bridgehead atoms. The maximum Gasteiger partial charge on any atom is 0.313 e. The van der Waals surface area contributed by atoms with Crippen LogP contribution in [-0.4, -0.2) is 31.0 Å². The second kappa shape index (κ2) is 10.5. The van der Waals surface area contributed by atoms with Crippen LogP contribution in [0.1, 0.15) is 5.56 Å². The molecule has 2 N–H and O–H groups in total. The molecule has 3 aromatic carbocycles. The Morgan fingerprint density at radius 1 is 0.857 bits per heavy atom. The molecule has 4 aromatic rings. The molecule has 0 aliphatic heterocycles. The molecular weight excluding hydrogens is 453 g/mol. The molecule has 0 spiro atoms. The Hall–Kier alpha value is -4.66. The van der Waals surface area contributed by atoms with Gasteiger partial charge in [0.15, 0.2) is 23.1 Å². The fraction of sp³-hybridized carbons (Fsp3) is 0.115. The summed E-state index contributed by atoms with van der Waals surface area (Å²) in [4.78, 5) is 28.5. The number of pyridine rings is 1. The van der Waals surface area contributed by atoms with Gasteiger partial charge in [0.25, 0.3) is 0 Å². The first-order chi connectivity index (χ1) is 17.0. The van der Waals surface area contributed by atoms with Gasteiger partial charge in [-0.25, -0.2) is 4.39 Å². The van der Waals surface area contributed by atoms with E-state index in [4.69, 9.17) is 14.2 Å². The Kier molecular flexibility index (Phi) is 7.06. The van der Waals surface area contributed by atoms with Crippen LogP contribution in [0.4, 0.5) is 10.1 Å². The maximum atomic E-state index is 14.8. The van der Waals surface area contributed by atoms with Crippen molar-refractivity contribution in [2.75, 3.05) is 19.5 Å². The standard InChI is InChI=1S/C26H22FN3O5/c1-33-23-13-18-20(14-24(23)34-2)28-11-10-21(18)35-22-9-8-17(12-19(22)27)30-26(32)25(31)29-15-16-6-4-3-5-7-16/h3-14H,15H2,1-2H3,(H,29,31)(H,30,32). The van der Waals surface area contributed by atoms with E-state index in [1.54, 1.807) is 18.2 Å². The zero-order chi connectivity index (χ0) is 24.8. The monoisotopic (exact) mass is 475 g/mol. The summed E-state index contributed by atoms with van der Waals surface area (Å²) >= 11 is 0. The van der Waals surface area contributed by atoms with Gasteiger partial charge in [0, 0.05) is 35.9 Å². The average molecular weight is 475 g/mol. The Bertz CT molecular complexity index is 1380. The van der Waals surface area contributed by atoms with Crippen molar-refractivity contribution < 1.29 is 28.2 Å². The van der Waals surface area contributed by atoms with Gasteiger partial charge in [-0.3, -0.25) is 14.6 Å². The van der Waals surface area contributed by atoms with Crippen LogP contribution in [0.15, 0.2) is 72.9 Å². The number of amides is 2. The number of methoxy groups -OCH3 is 2. The quantitative estimate of drug-likeness (QED) is 0.384. The lowest BCUT2D eigenvalue weighted by Crippen LogP contribution is -2.34. The number of fused-ring (bicyclic) bond motifs is 1. The molecule has 1 heterocycles. The minimum Gasteiger partial charge on any atom is -0.493 e. The predicted molar refractivity (Wildman–Crippen MR) is 128 cm³/mol. The third-order valence-corrected chi connectivity index (χ3v) is 5.12. The molecule has 0 fully saturated rings. The largest absolute Gasteiger partial charge is 0.493 e. The van der Waals surface area contributed by atoms with Crippen LogP contribution in [0.2, 0.25) is 0 Å². The molecule has 0 saturated carbocycles. The van der Waals surface area contributed by atoms with Gasteiger partial charge in [-0.15, -0.1) is 0 Å². The Morgan fingerprint density at radius 3 is 2.31 bits per heavy atom. The number of nitrogens with zero attached hydrogens (tertiary/aromatic N) is 1. The lowest BCUT2D eigenvalue weighted by Gasteiger charge is -2.13. The van der Waals surface area contributed by atoms with Gasteiger partial charge < -0.3 is 24.8 Å². The zero-order valence-electron chi connectivity index (χ0n) is 19.0. The van der Waals surface area contributed by atoms with Crippen molar-refractivity contribution in [3.05, 3.63) is 84.3 Å².